The van der Waals surface area contributed by atoms with Crippen molar-refractivity contribution in [3.63, 3.8) is 0 Å². The Morgan fingerprint density at radius 1 is 1.06 bits per heavy atom. The van der Waals surface area contributed by atoms with E-state index < -0.39 is 0 Å². The number of hydrogen-bond donors (Lipinski definition) is 1. The minimum atomic E-state index is -0.0447. The average Bonchev–Trinajstić information content (AvgIpc) is 2.82. The quantitative estimate of drug-likeness (QED) is 0.710. The molecule has 4 rings (SSSR count). The highest BCUT2D eigenvalue weighted by molar-refractivity contribution is 5.94. The summed E-state index contributed by atoms with van der Waals surface area (Å²) in [6.45, 7) is 6.75. The molecule has 0 radical (unpaired) electrons. The van der Waals surface area contributed by atoms with Gasteiger partial charge in [-0.1, -0.05) is 31.5 Å². The highest BCUT2D eigenvalue weighted by Gasteiger charge is 2.35. The fraction of sp³-hybridized carbons (Fsp3) is 0.520. The predicted octanol–water partition coefficient (Wildman–Crippen LogP) is 4.54. The molecule has 0 aliphatic carbocycles. The number of rotatable bonds is 7. The lowest BCUT2D eigenvalue weighted by Crippen LogP contribution is -2.54. The van der Waals surface area contributed by atoms with E-state index in [-0.39, 0.29) is 11.9 Å². The molecule has 2 fully saturated rings. The number of likely N-dealkylation sites (tertiary alicyclic amines) is 2. The highest BCUT2D eigenvalue weighted by Crippen LogP contribution is 2.27. The largest absolute Gasteiger partial charge is 0.439 e. The van der Waals surface area contributed by atoms with E-state index >= 15 is 0 Å². The third-order valence-electron chi connectivity index (χ3n) is 6.38. The summed E-state index contributed by atoms with van der Waals surface area (Å²) < 4.78 is 5.74. The van der Waals surface area contributed by atoms with Crippen molar-refractivity contribution in [3.8, 4) is 11.6 Å². The Balaban J connectivity index is 1.34. The van der Waals surface area contributed by atoms with Crippen LogP contribution in [0.1, 0.15) is 45.4 Å². The first-order chi connectivity index (χ1) is 15.2. The van der Waals surface area contributed by atoms with Crippen molar-refractivity contribution in [2.24, 2.45) is 0 Å². The molecule has 1 aromatic carbocycles. The summed E-state index contributed by atoms with van der Waals surface area (Å²) in [5.41, 5.74) is 0.716. The van der Waals surface area contributed by atoms with Gasteiger partial charge in [-0.25, -0.2) is 4.98 Å². The van der Waals surface area contributed by atoms with Crippen molar-refractivity contribution in [1.82, 2.24) is 14.8 Å². The van der Waals surface area contributed by atoms with Crippen molar-refractivity contribution < 1.29 is 9.53 Å². The Labute approximate surface area is 185 Å². The van der Waals surface area contributed by atoms with Crippen LogP contribution >= 0.6 is 0 Å². The minimum Gasteiger partial charge on any atom is -0.439 e. The van der Waals surface area contributed by atoms with Crippen LogP contribution in [0.25, 0.3) is 0 Å². The fourth-order valence-corrected chi connectivity index (χ4v) is 4.81. The number of aromatic nitrogens is 1. The van der Waals surface area contributed by atoms with Crippen LogP contribution in [0.15, 0.2) is 48.7 Å². The first kappa shape index (κ1) is 21.8. The first-order valence-corrected chi connectivity index (χ1v) is 11.7. The lowest BCUT2D eigenvalue weighted by molar-refractivity contribution is -0.124. The summed E-state index contributed by atoms with van der Waals surface area (Å²) in [6, 6.07) is 13.7. The number of nitrogens with zero attached hydrogens (tertiary/aromatic N) is 3. The number of para-hydroxylation sites is 1. The van der Waals surface area contributed by atoms with Gasteiger partial charge in [0.05, 0.1) is 17.9 Å². The topological polar surface area (TPSA) is 57.7 Å². The van der Waals surface area contributed by atoms with Crippen LogP contribution < -0.4 is 10.1 Å². The first-order valence-electron chi connectivity index (χ1n) is 11.7. The summed E-state index contributed by atoms with van der Waals surface area (Å²) in [5, 5.41) is 3.09. The fourth-order valence-electron chi connectivity index (χ4n) is 4.81. The number of anilines is 1. The van der Waals surface area contributed by atoms with Crippen molar-refractivity contribution in [1.29, 1.82) is 0 Å². The van der Waals surface area contributed by atoms with Gasteiger partial charge in [0.25, 0.3) is 0 Å². The Hall–Kier alpha value is -2.44. The summed E-state index contributed by atoms with van der Waals surface area (Å²) in [4.78, 5) is 22.5. The van der Waals surface area contributed by atoms with Crippen LogP contribution in [-0.4, -0.2) is 59.0 Å². The monoisotopic (exact) mass is 422 g/mol. The van der Waals surface area contributed by atoms with Gasteiger partial charge in [0.2, 0.25) is 11.8 Å². The lowest BCUT2D eigenvalue weighted by Gasteiger charge is -2.44. The zero-order valence-electron chi connectivity index (χ0n) is 18.5. The SMILES string of the molecule is CCCN1CCC(N2CCCC[C@H]2C(=O)Nc2ccc(Oc3ccccc3)nc2)CC1. The van der Waals surface area contributed by atoms with Crippen LogP contribution in [0.5, 0.6) is 11.6 Å². The number of nitrogens with one attached hydrogen (secondary N) is 1. The minimum absolute atomic E-state index is 0.0447. The number of benzene rings is 1. The van der Waals surface area contributed by atoms with Crippen molar-refractivity contribution in [2.75, 3.05) is 31.5 Å². The maximum atomic E-state index is 13.1. The second-order valence-corrected chi connectivity index (χ2v) is 8.61. The maximum absolute atomic E-state index is 13.1. The van der Waals surface area contributed by atoms with Gasteiger partial charge in [-0.2, -0.15) is 0 Å². The number of pyridine rings is 1. The van der Waals surface area contributed by atoms with Gasteiger partial charge in [-0.15, -0.1) is 0 Å². The Kier molecular flexibility index (Phi) is 7.54. The molecule has 1 atom stereocenters. The summed E-state index contributed by atoms with van der Waals surface area (Å²) in [7, 11) is 0. The molecule has 0 saturated carbocycles. The molecule has 0 bridgehead atoms. The lowest BCUT2D eigenvalue weighted by atomic mass is 9.94. The molecular weight excluding hydrogens is 388 g/mol. The van der Waals surface area contributed by atoms with E-state index in [1.165, 1.54) is 19.4 Å². The van der Waals surface area contributed by atoms with E-state index in [9.17, 15) is 4.79 Å². The van der Waals surface area contributed by atoms with Crippen molar-refractivity contribution in [3.05, 3.63) is 48.7 Å². The van der Waals surface area contributed by atoms with Crippen LogP contribution in [-0.2, 0) is 4.79 Å². The van der Waals surface area contributed by atoms with Crippen molar-refractivity contribution >= 4 is 11.6 Å². The number of hydrogen-bond acceptors (Lipinski definition) is 5. The van der Waals surface area contributed by atoms with Gasteiger partial charge in [-0.05, 0) is 76.5 Å². The Morgan fingerprint density at radius 3 is 2.58 bits per heavy atom. The average molecular weight is 423 g/mol. The molecule has 2 aliphatic heterocycles. The number of ether oxygens (including phenoxy) is 1. The zero-order chi connectivity index (χ0) is 21.5. The smallest absolute Gasteiger partial charge is 0.241 e. The van der Waals surface area contributed by atoms with E-state index in [4.69, 9.17) is 4.74 Å². The second-order valence-electron chi connectivity index (χ2n) is 8.61. The van der Waals surface area contributed by atoms with E-state index in [2.05, 4.69) is 27.0 Å². The van der Waals surface area contributed by atoms with Gasteiger partial charge in [0, 0.05) is 12.1 Å². The number of carbonyl (C=O) groups is 1. The van der Waals surface area contributed by atoms with Crippen LogP contribution in [0.4, 0.5) is 5.69 Å². The number of carbonyl (C=O) groups excluding carboxylic acids is 1. The Bertz CT molecular complexity index is 819. The normalized spacial score (nSPS) is 21.0. The van der Waals surface area contributed by atoms with Crippen LogP contribution in [0.3, 0.4) is 0 Å². The third kappa shape index (κ3) is 5.83. The van der Waals surface area contributed by atoms with E-state index in [1.807, 2.05) is 36.4 Å². The molecule has 6 heteroatoms. The number of amides is 1. The van der Waals surface area contributed by atoms with Crippen LogP contribution in [0.2, 0.25) is 0 Å². The third-order valence-corrected chi connectivity index (χ3v) is 6.38. The van der Waals surface area contributed by atoms with Gasteiger partial charge in [0.15, 0.2) is 0 Å². The molecule has 1 N–H and O–H groups in total. The molecule has 1 amide bonds. The highest BCUT2D eigenvalue weighted by atomic mass is 16.5. The number of piperidine rings is 2. The molecule has 2 aliphatic rings. The molecule has 3 heterocycles. The van der Waals surface area contributed by atoms with Gasteiger partial charge < -0.3 is 15.0 Å². The summed E-state index contributed by atoms with van der Waals surface area (Å²) in [6.07, 6.45) is 8.45. The summed E-state index contributed by atoms with van der Waals surface area (Å²) in [5.74, 6) is 1.35. The molecule has 166 valence electrons. The van der Waals surface area contributed by atoms with Gasteiger partial charge in [-0.3, -0.25) is 9.69 Å². The predicted molar refractivity (Wildman–Crippen MR) is 123 cm³/mol. The van der Waals surface area contributed by atoms with Gasteiger partial charge >= 0.3 is 0 Å². The molecule has 2 saturated heterocycles. The van der Waals surface area contributed by atoms with Gasteiger partial charge in [0.1, 0.15) is 5.75 Å². The molecular formula is C25H34N4O2. The molecule has 6 nitrogen and oxygen atoms in total. The molecule has 2 aromatic rings. The molecule has 1 aromatic heterocycles. The van der Waals surface area contributed by atoms with E-state index in [1.54, 1.807) is 12.3 Å². The van der Waals surface area contributed by atoms with Crippen molar-refractivity contribution in [2.45, 2.75) is 57.5 Å². The molecule has 31 heavy (non-hydrogen) atoms. The molecule has 0 spiro atoms. The second kappa shape index (κ2) is 10.7. The molecule has 0 unspecified atom stereocenters. The zero-order valence-corrected chi connectivity index (χ0v) is 18.5. The van der Waals surface area contributed by atoms with Crippen LogP contribution in [0, 0.1) is 0 Å². The summed E-state index contributed by atoms with van der Waals surface area (Å²) >= 11 is 0. The standard InChI is InChI=1S/C25H34N4O2/c1-2-15-28-17-13-21(14-18-28)29-16-7-6-10-23(29)25(30)27-20-11-12-24(26-19-20)31-22-8-4-3-5-9-22/h3-5,8-9,11-12,19,21,23H,2,6-7,10,13-18H2,1H3,(H,27,30)/t23-/m0/s1. The Morgan fingerprint density at radius 2 is 1.87 bits per heavy atom. The van der Waals surface area contributed by atoms with E-state index in [0.717, 1.165) is 51.1 Å². The maximum Gasteiger partial charge on any atom is 0.241 e. The van der Waals surface area contributed by atoms with E-state index in [0.29, 0.717) is 17.6 Å².